The number of amides is 1. The molecule has 0 aromatic heterocycles. The van der Waals surface area contributed by atoms with Crippen molar-refractivity contribution >= 4 is 17.6 Å². The predicted molar refractivity (Wildman–Crippen MR) is 117 cm³/mol. The zero-order chi connectivity index (χ0) is 21.2. The molecule has 0 radical (unpaired) electrons. The maximum atomic E-state index is 12.6. The Balaban J connectivity index is 1.52. The fraction of sp³-hybridized carbons (Fsp3) is 0.417. The lowest BCUT2D eigenvalue weighted by Crippen LogP contribution is -2.32. The van der Waals surface area contributed by atoms with Gasteiger partial charge in [-0.2, -0.15) is 0 Å². The number of rotatable bonds is 12. The summed E-state index contributed by atoms with van der Waals surface area (Å²) in [6, 6.07) is 16.9. The van der Waals surface area contributed by atoms with E-state index < -0.39 is 0 Å². The Morgan fingerprint density at radius 3 is 2.43 bits per heavy atom. The lowest BCUT2D eigenvalue weighted by atomic mass is 10.2. The normalized spacial score (nSPS) is 13.1. The third kappa shape index (κ3) is 7.52. The van der Waals surface area contributed by atoms with E-state index in [1.165, 1.54) is 12.8 Å². The number of hydrogen-bond donors (Lipinski definition) is 1. The zero-order valence-corrected chi connectivity index (χ0v) is 17.5. The molecule has 1 fully saturated rings. The van der Waals surface area contributed by atoms with Crippen molar-refractivity contribution in [1.82, 2.24) is 4.90 Å². The van der Waals surface area contributed by atoms with Gasteiger partial charge in [0, 0.05) is 26.1 Å². The van der Waals surface area contributed by atoms with Gasteiger partial charge in [-0.15, -0.1) is 0 Å². The molecule has 0 saturated heterocycles. The monoisotopic (exact) mass is 410 g/mol. The molecule has 30 heavy (non-hydrogen) atoms. The van der Waals surface area contributed by atoms with Crippen LogP contribution in [0, 0.1) is 5.92 Å². The highest BCUT2D eigenvalue weighted by Gasteiger charge is 2.25. The van der Waals surface area contributed by atoms with Gasteiger partial charge in [0.1, 0.15) is 5.75 Å². The first-order valence-electron chi connectivity index (χ1n) is 10.6. The summed E-state index contributed by atoms with van der Waals surface area (Å²) in [5.74, 6) is 1.75. The lowest BCUT2D eigenvalue weighted by molar-refractivity contribution is -0.143. The van der Waals surface area contributed by atoms with Crippen LogP contribution in [0.3, 0.4) is 0 Å². The lowest BCUT2D eigenvalue weighted by Gasteiger charge is -2.21. The van der Waals surface area contributed by atoms with Gasteiger partial charge in [-0.25, -0.2) is 0 Å². The Morgan fingerprint density at radius 2 is 1.70 bits per heavy atom. The number of carbonyl (C=O) groups excluding carboxylic acids is 2. The number of nitrogens with one attached hydrogen (secondary N) is 1. The number of benzene rings is 2. The van der Waals surface area contributed by atoms with E-state index in [1.807, 2.05) is 61.5 Å². The summed E-state index contributed by atoms with van der Waals surface area (Å²) < 4.78 is 10.9. The smallest absolute Gasteiger partial charge is 0.307 e. The fourth-order valence-corrected chi connectivity index (χ4v) is 3.19. The average molecular weight is 411 g/mol. The average Bonchev–Trinajstić information content (AvgIpc) is 3.56. The van der Waals surface area contributed by atoms with Gasteiger partial charge in [0.05, 0.1) is 18.7 Å². The minimum absolute atomic E-state index is 0.0731. The van der Waals surface area contributed by atoms with E-state index in [0.717, 1.165) is 6.54 Å². The largest absolute Gasteiger partial charge is 0.466 e. The zero-order valence-electron chi connectivity index (χ0n) is 17.5. The van der Waals surface area contributed by atoms with E-state index in [2.05, 4.69) is 10.2 Å². The van der Waals surface area contributed by atoms with E-state index >= 15 is 0 Å². The van der Waals surface area contributed by atoms with Gasteiger partial charge in [-0.1, -0.05) is 30.3 Å². The summed E-state index contributed by atoms with van der Waals surface area (Å²) in [4.78, 5) is 26.4. The van der Waals surface area contributed by atoms with Crippen molar-refractivity contribution in [2.24, 2.45) is 5.92 Å². The van der Waals surface area contributed by atoms with Crippen molar-refractivity contribution in [2.45, 2.75) is 32.6 Å². The summed E-state index contributed by atoms with van der Waals surface area (Å²) in [7, 11) is 0. The Kier molecular flexibility index (Phi) is 8.27. The Hall–Kier alpha value is -2.86. The summed E-state index contributed by atoms with van der Waals surface area (Å²) >= 11 is 0. The number of nitrogens with zero attached hydrogens (tertiary/aromatic N) is 1. The molecule has 1 aliphatic rings. The van der Waals surface area contributed by atoms with E-state index in [1.54, 1.807) is 0 Å². The van der Waals surface area contributed by atoms with E-state index in [9.17, 15) is 9.59 Å². The van der Waals surface area contributed by atoms with Gasteiger partial charge >= 0.3 is 5.97 Å². The van der Waals surface area contributed by atoms with Crippen molar-refractivity contribution < 1.29 is 19.1 Å². The molecule has 0 bridgehead atoms. The number of ether oxygens (including phenoxy) is 2. The Labute approximate surface area is 178 Å². The molecule has 1 N–H and O–H groups in total. The number of anilines is 1. The first kappa shape index (κ1) is 21.8. The van der Waals surface area contributed by atoms with Crippen LogP contribution in [0.2, 0.25) is 0 Å². The summed E-state index contributed by atoms with van der Waals surface area (Å²) in [6.45, 7) is 4.37. The SMILES string of the molecule is CCOC(=O)CCN(CCC(=O)Nc1ccccc1Oc1ccccc1)CC1CC1. The summed E-state index contributed by atoms with van der Waals surface area (Å²) in [5.41, 5.74) is 0.645. The van der Waals surface area contributed by atoms with Gasteiger partial charge in [0.15, 0.2) is 5.75 Å². The van der Waals surface area contributed by atoms with Crippen LogP contribution in [0.5, 0.6) is 11.5 Å². The number of esters is 1. The maximum Gasteiger partial charge on any atom is 0.307 e. The van der Waals surface area contributed by atoms with Crippen LogP contribution in [0.4, 0.5) is 5.69 Å². The molecular formula is C24H30N2O4. The van der Waals surface area contributed by atoms with Gasteiger partial charge in [-0.05, 0) is 49.9 Å². The van der Waals surface area contributed by atoms with E-state index in [4.69, 9.17) is 9.47 Å². The van der Waals surface area contributed by atoms with Gasteiger partial charge in [-0.3, -0.25) is 9.59 Å². The van der Waals surface area contributed by atoms with Crippen LogP contribution in [-0.2, 0) is 14.3 Å². The van der Waals surface area contributed by atoms with Crippen LogP contribution in [0.25, 0.3) is 0 Å². The van der Waals surface area contributed by atoms with Crippen LogP contribution in [0.1, 0.15) is 32.6 Å². The number of hydrogen-bond acceptors (Lipinski definition) is 5. The molecule has 0 heterocycles. The fourth-order valence-electron chi connectivity index (χ4n) is 3.19. The maximum absolute atomic E-state index is 12.6. The molecule has 0 spiro atoms. The van der Waals surface area contributed by atoms with Crippen molar-refractivity contribution in [3.05, 3.63) is 54.6 Å². The van der Waals surface area contributed by atoms with E-state index in [0.29, 0.717) is 55.6 Å². The van der Waals surface area contributed by atoms with Crippen LogP contribution in [0.15, 0.2) is 54.6 Å². The molecule has 6 heteroatoms. The second kappa shape index (κ2) is 11.4. The van der Waals surface area contributed by atoms with Gasteiger partial charge in [0.2, 0.25) is 5.91 Å². The van der Waals surface area contributed by atoms with Gasteiger partial charge < -0.3 is 19.7 Å². The Bertz CT molecular complexity index is 821. The quantitative estimate of drug-likeness (QED) is 0.523. The molecular weight excluding hydrogens is 380 g/mol. The molecule has 0 aliphatic heterocycles. The summed E-state index contributed by atoms with van der Waals surface area (Å²) in [6.07, 6.45) is 3.17. The van der Waals surface area contributed by atoms with E-state index in [-0.39, 0.29) is 11.9 Å². The molecule has 1 aliphatic carbocycles. The second-order valence-electron chi connectivity index (χ2n) is 7.51. The molecule has 2 aromatic carbocycles. The highest BCUT2D eigenvalue weighted by Crippen LogP contribution is 2.30. The third-order valence-corrected chi connectivity index (χ3v) is 4.94. The number of para-hydroxylation sites is 3. The van der Waals surface area contributed by atoms with Crippen LogP contribution in [-0.4, -0.2) is 43.0 Å². The molecule has 6 nitrogen and oxygen atoms in total. The third-order valence-electron chi connectivity index (χ3n) is 4.94. The highest BCUT2D eigenvalue weighted by atomic mass is 16.5. The molecule has 160 valence electrons. The first-order valence-corrected chi connectivity index (χ1v) is 10.6. The molecule has 1 amide bonds. The first-order chi connectivity index (χ1) is 14.6. The highest BCUT2D eigenvalue weighted by molar-refractivity contribution is 5.92. The predicted octanol–water partition coefficient (Wildman–Crippen LogP) is 4.47. The topological polar surface area (TPSA) is 67.9 Å². The Morgan fingerprint density at radius 1 is 1.00 bits per heavy atom. The van der Waals surface area contributed by atoms with Crippen LogP contribution >= 0.6 is 0 Å². The molecule has 0 unspecified atom stereocenters. The van der Waals surface area contributed by atoms with Gasteiger partial charge in [0.25, 0.3) is 0 Å². The minimum Gasteiger partial charge on any atom is -0.466 e. The van der Waals surface area contributed by atoms with Crippen LogP contribution < -0.4 is 10.1 Å². The molecule has 1 saturated carbocycles. The number of carbonyl (C=O) groups is 2. The molecule has 0 atom stereocenters. The van der Waals surface area contributed by atoms with Crippen molar-refractivity contribution in [1.29, 1.82) is 0 Å². The summed E-state index contributed by atoms with van der Waals surface area (Å²) in [5, 5.41) is 2.96. The van der Waals surface area contributed by atoms with Crippen molar-refractivity contribution in [2.75, 3.05) is 31.6 Å². The molecule has 3 rings (SSSR count). The van der Waals surface area contributed by atoms with Crippen molar-refractivity contribution in [3.63, 3.8) is 0 Å². The second-order valence-corrected chi connectivity index (χ2v) is 7.51. The minimum atomic E-state index is -0.185. The standard InChI is InChI=1S/C24H30N2O4/c1-2-29-24(28)15-17-26(18-19-12-13-19)16-14-23(27)25-21-10-6-7-11-22(21)30-20-8-4-3-5-9-20/h3-11,19H,2,12-18H2,1H3,(H,25,27). The van der Waals surface area contributed by atoms with Crippen molar-refractivity contribution in [3.8, 4) is 11.5 Å². The molecule has 2 aromatic rings.